The molecular weight excluding hydrogens is 271 g/mol. The summed E-state index contributed by atoms with van der Waals surface area (Å²) in [7, 11) is 0. The fourth-order valence-electron chi connectivity index (χ4n) is 1.30. The van der Waals surface area contributed by atoms with Crippen LogP contribution in [0.2, 0.25) is 0 Å². The van der Waals surface area contributed by atoms with Gasteiger partial charge in [0, 0.05) is 0 Å². The molecule has 0 amide bonds. The van der Waals surface area contributed by atoms with E-state index in [0.29, 0.717) is 0 Å². The van der Waals surface area contributed by atoms with E-state index in [0.717, 1.165) is 12.8 Å². The Kier molecular flexibility index (Phi) is 10.2. The molecule has 0 aromatic rings. The summed E-state index contributed by atoms with van der Waals surface area (Å²) < 4.78 is 0. The molecule has 0 aromatic carbocycles. The molecule has 0 nitrogen and oxygen atoms in total. The molecular formula is C15H21Zr. The maximum Gasteiger partial charge on any atom is 3.00 e. The van der Waals surface area contributed by atoms with E-state index in [2.05, 4.69) is 52.0 Å². The average Bonchev–Trinajstić information content (AvgIpc) is 2.67. The van der Waals surface area contributed by atoms with Crippen LogP contribution in [0.1, 0.15) is 40.5 Å². The fourth-order valence-corrected chi connectivity index (χ4v) is 1.30. The Bertz CT molecular complexity index is 261. The van der Waals surface area contributed by atoms with Crippen molar-refractivity contribution in [2.75, 3.05) is 0 Å². The van der Waals surface area contributed by atoms with Crippen molar-refractivity contribution in [3.8, 4) is 0 Å². The van der Waals surface area contributed by atoms with Gasteiger partial charge in [0.15, 0.2) is 0 Å². The summed E-state index contributed by atoms with van der Waals surface area (Å²) in [5.41, 5.74) is 5.42. The quantitative estimate of drug-likeness (QED) is 0.572. The fraction of sp³-hybridized carbons (Fsp3) is 0.400. The zero-order chi connectivity index (χ0) is 10.6. The summed E-state index contributed by atoms with van der Waals surface area (Å²) >= 11 is 0. The summed E-state index contributed by atoms with van der Waals surface area (Å²) in [6.07, 6.45) is 12.8. The maximum atomic E-state index is 3.19. The topological polar surface area (TPSA) is 0 Å². The van der Waals surface area contributed by atoms with Crippen LogP contribution in [0, 0.1) is 19.6 Å². The first kappa shape index (κ1) is 18.2. The van der Waals surface area contributed by atoms with Crippen molar-refractivity contribution in [2.24, 2.45) is 0 Å². The van der Waals surface area contributed by atoms with Gasteiger partial charge in [-0.15, -0.1) is 26.7 Å². The van der Waals surface area contributed by atoms with Gasteiger partial charge in [-0.05, 0) is 0 Å². The van der Waals surface area contributed by atoms with Crippen molar-refractivity contribution < 1.29 is 26.2 Å². The molecule has 2 rings (SSSR count). The molecule has 85 valence electrons. The van der Waals surface area contributed by atoms with Crippen LogP contribution in [-0.2, 0) is 26.2 Å². The van der Waals surface area contributed by atoms with Gasteiger partial charge < -0.3 is 7.43 Å². The largest absolute Gasteiger partial charge is 3.00 e. The van der Waals surface area contributed by atoms with Crippen molar-refractivity contribution in [3.63, 3.8) is 0 Å². The number of rotatable bonds is 0. The van der Waals surface area contributed by atoms with Gasteiger partial charge in [0.2, 0.25) is 0 Å². The van der Waals surface area contributed by atoms with E-state index in [9.17, 15) is 0 Å². The minimum atomic E-state index is 0. The van der Waals surface area contributed by atoms with Gasteiger partial charge in [-0.1, -0.05) is 13.8 Å². The Labute approximate surface area is 120 Å². The molecule has 0 heterocycles. The van der Waals surface area contributed by atoms with Crippen LogP contribution in [0.5, 0.6) is 0 Å². The van der Waals surface area contributed by atoms with Crippen LogP contribution in [0.4, 0.5) is 0 Å². The van der Waals surface area contributed by atoms with Crippen LogP contribution in [0.3, 0.4) is 0 Å². The van der Waals surface area contributed by atoms with Crippen molar-refractivity contribution in [1.82, 2.24) is 0 Å². The molecule has 2 aliphatic carbocycles. The maximum absolute atomic E-state index is 3.19. The summed E-state index contributed by atoms with van der Waals surface area (Å²) in [4.78, 5) is 0. The Hall–Kier alpha value is -0.157. The van der Waals surface area contributed by atoms with E-state index in [4.69, 9.17) is 0 Å². The number of hydrogen-bond donors (Lipinski definition) is 0. The first-order valence-corrected chi connectivity index (χ1v) is 5.10. The molecule has 0 fully saturated rings. The van der Waals surface area contributed by atoms with E-state index < -0.39 is 0 Å². The van der Waals surface area contributed by atoms with E-state index in [1.165, 1.54) is 22.3 Å². The zero-order valence-electron chi connectivity index (χ0n) is 11.1. The van der Waals surface area contributed by atoms with Gasteiger partial charge in [0.05, 0.1) is 0 Å². The standard InChI is InChI=1S/2C7H9.CH3.Zr/c2*1-6-4-3-5-7(6)2;;/h2*4H,3H2,1-2H3;1H3;/q3*-1;+3. The van der Waals surface area contributed by atoms with Crippen molar-refractivity contribution >= 4 is 0 Å². The van der Waals surface area contributed by atoms with Crippen LogP contribution in [-0.4, -0.2) is 0 Å². The van der Waals surface area contributed by atoms with Crippen LogP contribution in [0.25, 0.3) is 0 Å². The van der Waals surface area contributed by atoms with Gasteiger partial charge in [-0.2, -0.15) is 12.2 Å². The monoisotopic (exact) mass is 291 g/mol. The average molecular weight is 293 g/mol. The second-order valence-corrected chi connectivity index (χ2v) is 3.79. The molecule has 0 aliphatic heterocycles. The number of allylic oxidation sites excluding steroid dienone is 8. The molecule has 0 saturated carbocycles. The van der Waals surface area contributed by atoms with Crippen LogP contribution >= 0.6 is 0 Å². The molecule has 0 aromatic heterocycles. The first-order chi connectivity index (χ1) is 6.61. The molecule has 0 N–H and O–H groups in total. The van der Waals surface area contributed by atoms with E-state index in [1.54, 1.807) is 0 Å². The number of hydrogen-bond acceptors (Lipinski definition) is 0. The smallest absolute Gasteiger partial charge is 0.358 e. The van der Waals surface area contributed by atoms with Gasteiger partial charge in [-0.3, -0.25) is 12.2 Å². The van der Waals surface area contributed by atoms with Crippen molar-refractivity contribution in [2.45, 2.75) is 40.5 Å². The second-order valence-electron chi connectivity index (χ2n) is 3.79. The van der Waals surface area contributed by atoms with E-state index in [-0.39, 0.29) is 33.6 Å². The van der Waals surface area contributed by atoms with Crippen molar-refractivity contribution in [1.29, 1.82) is 0 Å². The molecule has 1 heteroatoms. The van der Waals surface area contributed by atoms with Crippen LogP contribution in [0.15, 0.2) is 34.4 Å². The Morgan fingerprint density at radius 3 is 1.19 bits per heavy atom. The van der Waals surface area contributed by atoms with Gasteiger partial charge in [0.25, 0.3) is 0 Å². The molecule has 16 heavy (non-hydrogen) atoms. The normalized spacial score (nSPS) is 16.8. The predicted molar refractivity (Wildman–Crippen MR) is 68.0 cm³/mol. The SMILES string of the molecule is CC1=[C-]CC=C1C.CC1=[C-]CC=C1C.[CH3-].[Zr+3]. The molecule has 2 aliphatic rings. The van der Waals surface area contributed by atoms with Crippen LogP contribution < -0.4 is 0 Å². The predicted octanol–water partition coefficient (Wildman–Crippen LogP) is 4.62. The van der Waals surface area contributed by atoms with Gasteiger partial charge >= 0.3 is 26.2 Å². The minimum Gasteiger partial charge on any atom is -0.358 e. The first-order valence-electron chi connectivity index (χ1n) is 5.10. The minimum absolute atomic E-state index is 0. The van der Waals surface area contributed by atoms with Crippen molar-refractivity contribution in [3.05, 3.63) is 54.0 Å². The third-order valence-electron chi connectivity index (χ3n) is 2.73. The second kappa shape index (κ2) is 8.93. The van der Waals surface area contributed by atoms with E-state index >= 15 is 0 Å². The summed E-state index contributed by atoms with van der Waals surface area (Å²) in [5.74, 6) is 0. The molecule has 0 spiro atoms. The molecule has 0 atom stereocenters. The molecule has 0 bridgehead atoms. The molecule has 1 radical (unpaired) electrons. The zero-order valence-corrected chi connectivity index (χ0v) is 13.5. The third-order valence-corrected chi connectivity index (χ3v) is 2.73. The Morgan fingerprint density at radius 1 is 0.812 bits per heavy atom. The summed E-state index contributed by atoms with van der Waals surface area (Å²) in [5, 5.41) is 0. The molecule has 0 unspecified atom stereocenters. The Balaban J connectivity index is 0. The molecule has 0 saturated heterocycles. The summed E-state index contributed by atoms with van der Waals surface area (Å²) in [6.45, 7) is 8.43. The van der Waals surface area contributed by atoms with Gasteiger partial charge in [-0.25, -0.2) is 22.3 Å². The third kappa shape index (κ3) is 5.80. The van der Waals surface area contributed by atoms with Gasteiger partial charge in [0.1, 0.15) is 0 Å². The van der Waals surface area contributed by atoms with E-state index in [1.807, 2.05) is 0 Å². The summed E-state index contributed by atoms with van der Waals surface area (Å²) in [6, 6.07) is 0. The Morgan fingerprint density at radius 2 is 1.12 bits per heavy atom.